The van der Waals surface area contributed by atoms with Gasteiger partial charge in [-0.1, -0.05) is 6.07 Å². The van der Waals surface area contributed by atoms with Crippen molar-refractivity contribution in [2.24, 2.45) is 5.14 Å². The second-order valence-corrected chi connectivity index (χ2v) is 9.01. The molecule has 0 saturated carbocycles. The average molecular weight is 442 g/mol. The number of carbonyl (C=O) groups is 2. The molecular formula is C17H18N2O8S2. The molecule has 0 radical (unpaired) electrons. The van der Waals surface area contributed by atoms with Crippen LogP contribution in [-0.4, -0.2) is 43.0 Å². The number of esters is 2. The number of benzene rings is 2. The third kappa shape index (κ3) is 4.91. The first-order valence-electron chi connectivity index (χ1n) is 7.87. The lowest BCUT2D eigenvalue weighted by Gasteiger charge is -2.14. The number of methoxy groups -OCH3 is 2. The first-order valence-corrected chi connectivity index (χ1v) is 10.9. The topological polar surface area (TPSA) is 159 Å². The molecule has 0 atom stereocenters. The number of hydrogen-bond donors (Lipinski definition) is 2. The minimum atomic E-state index is -4.43. The van der Waals surface area contributed by atoms with E-state index < -0.39 is 36.9 Å². The van der Waals surface area contributed by atoms with E-state index in [4.69, 9.17) is 5.14 Å². The third-order valence-electron chi connectivity index (χ3n) is 3.84. The monoisotopic (exact) mass is 442 g/mol. The molecule has 2 aromatic carbocycles. The number of carbonyl (C=O) groups excluding carboxylic acids is 2. The molecule has 0 unspecified atom stereocenters. The van der Waals surface area contributed by atoms with Crippen molar-refractivity contribution in [1.29, 1.82) is 0 Å². The molecule has 0 fully saturated rings. The van der Waals surface area contributed by atoms with E-state index in [9.17, 15) is 26.4 Å². The van der Waals surface area contributed by atoms with Crippen molar-refractivity contribution in [3.05, 3.63) is 53.1 Å². The number of nitrogens with two attached hydrogens (primary N) is 1. The van der Waals surface area contributed by atoms with Gasteiger partial charge in [-0.25, -0.2) is 31.6 Å². The quantitative estimate of drug-likeness (QED) is 0.627. The molecular weight excluding hydrogens is 424 g/mol. The number of primary sulfonamides is 1. The summed E-state index contributed by atoms with van der Waals surface area (Å²) in [5.41, 5.74) is -0.238. The summed E-state index contributed by atoms with van der Waals surface area (Å²) in [4.78, 5) is 22.9. The highest BCUT2D eigenvalue weighted by Crippen LogP contribution is 2.25. The summed E-state index contributed by atoms with van der Waals surface area (Å²) in [6.07, 6.45) is 0. The van der Waals surface area contributed by atoms with E-state index >= 15 is 0 Å². The van der Waals surface area contributed by atoms with Crippen LogP contribution in [0, 0.1) is 6.92 Å². The Morgan fingerprint density at radius 1 is 0.897 bits per heavy atom. The molecule has 29 heavy (non-hydrogen) atoms. The largest absolute Gasteiger partial charge is 0.465 e. The fourth-order valence-corrected chi connectivity index (χ4v) is 4.53. The summed E-state index contributed by atoms with van der Waals surface area (Å²) >= 11 is 0. The summed E-state index contributed by atoms with van der Waals surface area (Å²) < 4.78 is 60.4. The molecule has 12 heteroatoms. The van der Waals surface area contributed by atoms with Gasteiger partial charge in [0, 0.05) is 0 Å². The second-order valence-electron chi connectivity index (χ2n) is 5.82. The number of anilines is 1. The van der Waals surface area contributed by atoms with Gasteiger partial charge in [-0.05, 0) is 42.8 Å². The summed E-state index contributed by atoms with van der Waals surface area (Å²) in [5.74, 6) is -1.76. The maximum atomic E-state index is 12.9. The summed E-state index contributed by atoms with van der Waals surface area (Å²) in [5, 5.41) is 5.13. The zero-order valence-corrected chi connectivity index (χ0v) is 17.3. The van der Waals surface area contributed by atoms with Gasteiger partial charge in [0.05, 0.1) is 35.9 Å². The molecule has 0 aliphatic carbocycles. The van der Waals surface area contributed by atoms with E-state index in [2.05, 4.69) is 14.2 Å². The lowest BCUT2D eigenvalue weighted by atomic mass is 10.1. The average Bonchev–Trinajstić information content (AvgIpc) is 2.66. The Kier molecular flexibility index (Phi) is 6.30. The lowest BCUT2D eigenvalue weighted by molar-refractivity contribution is 0.0583. The van der Waals surface area contributed by atoms with Crippen molar-refractivity contribution >= 4 is 37.7 Å². The maximum Gasteiger partial charge on any atom is 0.339 e. The van der Waals surface area contributed by atoms with Crippen LogP contribution < -0.4 is 9.86 Å². The SMILES string of the molecule is COC(=O)c1ccc(C(=O)OC)c(S(=O)(=O)Nc2ccc(C)c(S(N)(=O)=O)c2)c1. The molecule has 0 aliphatic rings. The van der Waals surface area contributed by atoms with Crippen LogP contribution in [0.1, 0.15) is 26.3 Å². The highest BCUT2D eigenvalue weighted by molar-refractivity contribution is 7.92. The number of hydrogen-bond acceptors (Lipinski definition) is 8. The molecule has 2 aromatic rings. The second kappa shape index (κ2) is 8.19. The third-order valence-corrected chi connectivity index (χ3v) is 6.32. The minimum absolute atomic E-state index is 0.112. The van der Waals surface area contributed by atoms with E-state index in [1.807, 2.05) is 0 Å². The van der Waals surface area contributed by atoms with Crippen LogP contribution in [0.2, 0.25) is 0 Å². The predicted molar refractivity (Wildman–Crippen MR) is 102 cm³/mol. The van der Waals surface area contributed by atoms with Gasteiger partial charge in [-0.15, -0.1) is 0 Å². The Bertz CT molecular complexity index is 1190. The zero-order chi connectivity index (χ0) is 22.0. The van der Waals surface area contributed by atoms with E-state index in [-0.39, 0.29) is 21.7 Å². The van der Waals surface area contributed by atoms with Gasteiger partial charge < -0.3 is 9.47 Å². The molecule has 3 N–H and O–H groups in total. The number of aryl methyl sites for hydroxylation is 1. The Morgan fingerprint density at radius 2 is 1.52 bits per heavy atom. The van der Waals surface area contributed by atoms with Crippen LogP contribution in [0.25, 0.3) is 0 Å². The first kappa shape index (κ1) is 22.3. The van der Waals surface area contributed by atoms with Crippen LogP contribution in [0.15, 0.2) is 46.2 Å². The number of ether oxygens (including phenoxy) is 2. The van der Waals surface area contributed by atoms with Crippen LogP contribution in [0.4, 0.5) is 5.69 Å². The number of sulfonamides is 2. The van der Waals surface area contributed by atoms with Gasteiger partial charge in [0.25, 0.3) is 10.0 Å². The zero-order valence-electron chi connectivity index (χ0n) is 15.6. The van der Waals surface area contributed by atoms with Gasteiger partial charge in [-0.3, -0.25) is 4.72 Å². The molecule has 10 nitrogen and oxygen atoms in total. The molecule has 0 amide bonds. The highest BCUT2D eigenvalue weighted by Gasteiger charge is 2.26. The Morgan fingerprint density at radius 3 is 2.07 bits per heavy atom. The van der Waals surface area contributed by atoms with Crippen LogP contribution in [0.3, 0.4) is 0 Å². The van der Waals surface area contributed by atoms with Gasteiger partial charge in [0.2, 0.25) is 10.0 Å². The molecule has 0 saturated heterocycles. The van der Waals surface area contributed by atoms with Crippen LogP contribution >= 0.6 is 0 Å². The Balaban J connectivity index is 2.61. The molecule has 0 aliphatic heterocycles. The number of rotatable bonds is 6. The molecule has 0 bridgehead atoms. The molecule has 0 spiro atoms. The van der Waals surface area contributed by atoms with Gasteiger partial charge in [0.1, 0.15) is 4.90 Å². The van der Waals surface area contributed by atoms with Crippen molar-refractivity contribution in [2.75, 3.05) is 18.9 Å². The number of nitrogens with one attached hydrogen (secondary N) is 1. The van der Waals surface area contributed by atoms with Gasteiger partial charge in [-0.2, -0.15) is 0 Å². The van der Waals surface area contributed by atoms with E-state index in [0.29, 0.717) is 5.56 Å². The van der Waals surface area contributed by atoms with Gasteiger partial charge >= 0.3 is 11.9 Å². The van der Waals surface area contributed by atoms with E-state index in [1.165, 1.54) is 25.1 Å². The molecule has 156 valence electrons. The predicted octanol–water partition coefficient (Wildman–Crippen LogP) is 1.02. The molecule has 0 heterocycles. The van der Waals surface area contributed by atoms with Crippen molar-refractivity contribution in [3.63, 3.8) is 0 Å². The minimum Gasteiger partial charge on any atom is -0.465 e. The Hall–Kier alpha value is -2.96. The standard InChI is InChI=1S/C17H18N2O8S2/c1-10-4-6-12(9-14(10)28(18,22)23)19-29(24,25)15-8-11(16(20)26-2)5-7-13(15)17(21)27-3/h4-9,19H,1-3H3,(H2,18,22,23). The van der Waals surface area contributed by atoms with Crippen molar-refractivity contribution < 1.29 is 35.9 Å². The Labute approximate surface area is 167 Å². The molecule has 0 aromatic heterocycles. The van der Waals surface area contributed by atoms with Gasteiger partial charge in [0.15, 0.2) is 0 Å². The van der Waals surface area contributed by atoms with Crippen molar-refractivity contribution in [2.45, 2.75) is 16.7 Å². The van der Waals surface area contributed by atoms with Crippen molar-refractivity contribution in [3.8, 4) is 0 Å². The molecule has 2 rings (SSSR count). The van der Waals surface area contributed by atoms with Crippen LogP contribution in [0.5, 0.6) is 0 Å². The van der Waals surface area contributed by atoms with E-state index in [1.54, 1.807) is 0 Å². The summed E-state index contributed by atoms with van der Waals surface area (Å²) in [6.45, 7) is 1.49. The first-order chi connectivity index (χ1) is 13.4. The summed E-state index contributed by atoms with van der Waals surface area (Å²) in [7, 11) is -6.34. The highest BCUT2D eigenvalue weighted by atomic mass is 32.2. The van der Waals surface area contributed by atoms with Crippen molar-refractivity contribution in [1.82, 2.24) is 0 Å². The van der Waals surface area contributed by atoms with Crippen LogP contribution in [-0.2, 0) is 29.5 Å². The van der Waals surface area contributed by atoms with E-state index in [0.717, 1.165) is 32.4 Å². The summed E-state index contributed by atoms with van der Waals surface area (Å²) in [6, 6.07) is 7.01. The fraction of sp³-hybridized carbons (Fsp3) is 0.176. The normalized spacial score (nSPS) is 11.6. The lowest BCUT2D eigenvalue weighted by Crippen LogP contribution is -2.19. The fourth-order valence-electron chi connectivity index (χ4n) is 2.45. The maximum absolute atomic E-state index is 12.9. The smallest absolute Gasteiger partial charge is 0.339 e.